The van der Waals surface area contributed by atoms with E-state index >= 15 is 0 Å². The molecule has 0 atom stereocenters. The molecule has 0 spiro atoms. The summed E-state index contributed by atoms with van der Waals surface area (Å²) >= 11 is 1.25. The summed E-state index contributed by atoms with van der Waals surface area (Å²) in [5, 5.41) is 9.97. The molecule has 0 aliphatic carbocycles. The first-order valence-electron chi connectivity index (χ1n) is 8.87. The number of amides is 1. The maximum Gasteiger partial charge on any atom is 0.343 e. The highest BCUT2D eigenvalue weighted by Gasteiger charge is 2.12. The second-order valence-electron chi connectivity index (χ2n) is 6.05. The van der Waals surface area contributed by atoms with Crippen molar-refractivity contribution in [3.8, 4) is 0 Å². The molecule has 2 N–H and O–H groups in total. The van der Waals surface area contributed by atoms with Crippen molar-refractivity contribution in [2.45, 2.75) is 31.5 Å². The van der Waals surface area contributed by atoms with E-state index in [1.54, 1.807) is 4.57 Å². The van der Waals surface area contributed by atoms with E-state index in [0.717, 1.165) is 29.7 Å². The Morgan fingerprint density at radius 1 is 1.15 bits per heavy atom. The molecule has 27 heavy (non-hydrogen) atoms. The van der Waals surface area contributed by atoms with Crippen LogP contribution in [0.1, 0.15) is 18.1 Å². The van der Waals surface area contributed by atoms with Crippen LogP contribution in [-0.4, -0.2) is 26.4 Å². The standard InChI is InChI=1S/C20H22N4O2S/c1-2-16-10-6-7-11-17(16)21-18(25)14-27-20-23-22-19(26)24(20)13-12-15-8-4-3-5-9-15/h3-11H,2,12-14H2,1H3,(H,21,25)(H,22,26). The summed E-state index contributed by atoms with van der Waals surface area (Å²) in [6, 6.07) is 17.7. The quantitative estimate of drug-likeness (QED) is 0.587. The number of carbonyl (C=O) groups excluding carboxylic acids is 1. The number of para-hydroxylation sites is 1. The molecule has 0 bridgehead atoms. The predicted octanol–water partition coefficient (Wildman–Crippen LogP) is 3.11. The van der Waals surface area contributed by atoms with E-state index in [1.807, 2.05) is 54.6 Å². The summed E-state index contributed by atoms with van der Waals surface area (Å²) in [4.78, 5) is 24.3. The summed E-state index contributed by atoms with van der Waals surface area (Å²) in [5.41, 5.74) is 2.81. The van der Waals surface area contributed by atoms with E-state index in [9.17, 15) is 9.59 Å². The lowest BCUT2D eigenvalue weighted by molar-refractivity contribution is -0.113. The van der Waals surface area contributed by atoms with Crippen LogP contribution in [0.15, 0.2) is 64.5 Å². The van der Waals surface area contributed by atoms with Crippen LogP contribution in [0.3, 0.4) is 0 Å². The summed E-state index contributed by atoms with van der Waals surface area (Å²) in [6.45, 7) is 2.57. The minimum absolute atomic E-state index is 0.119. The third-order valence-corrected chi connectivity index (χ3v) is 5.17. The van der Waals surface area contributed by atoms with Gasteiger partial charge in [0.05, 0.1) is 5.75 Å². The number of rotatable bonds is 8. The zero-order chi connectivity index (χ0) is 19.1. The maximum atomic E-state index is 12.3. The molecule has 6 nitrogen and oxygen atoms in total. The van der Waals surface area contributed by atoms with Crippen molar-refractivity contribution >= 4 is 23.4 Å². The van der Waals surface area contributed by atoms with E-state index in [-0.39, 0.29) is 17.3 Å². The van der Waals surface area contributed by atoms with Gasteiger partial charge in [0.1, 0.15) is 0 Å². The van der Waals surface area contributed by atoms with Crippen molar-refractivity contribution in [3.63, 3.8) is 0 Å². The highest BCUT2D eigenvalue weighted by molar-refractivity contribution is 7.99. The first-order chi connectivity index (χ1) is 13.2. The van der Waals surface area contributed by atoms with Gasteiger partial charge in [0.15, 0.2) is 5.16 Å². The highest BCUT2D eigenvalue weighted by atomic mass is 32.2. The van der Waals surface area contributed by atoms with Crippen LogP contribution >= 0.6 is 11.8 Å². The molecule has 2 aromatic carbocycles. The Bertz CT molecular complexity index is 950. The minimum Gasteiger partial charge on any atom is -0.325 e. The number of aryl methyl sites for hydroxylation is 2. The summed E-state index contributed by atoms with van der Waals surface area (Å²) in [6.07, 6.45) is 1.58. The number of hydrogen-bond donors (Lipinski definition) is 2. The molecular formula is C20H22N4O2S. The largest absolute Gasteiger partial charge is 0.343 e. The van der Waals surface area contributed by atoms with Gasteiger partial charge in [0.25, 0.3) is 0 Å². The van der Waals surface area contributed by atoms with E-state index < -0.39 is 0 Å². The van der Waals surface area contributed by atoms with Crippen LogP contribution in [0.2, 0.25) is 0 Å². The van der Waals surface area contributed by atoms with E-state index in [0.29, 0.717) is 11.7 Å². The molecule has 0 fully saturated rings. The van der Waals surface area contributed by atoms with E-state index in [4.69, 9.17) is 0 Å². The number of aromatic nitrogens is 3. The molecule has 1 aromatic heterocycles. The first kappa shape index (κ1) is 19.0. The number of anilines is 1. The van der Waals surface area contributed by atoms with Crippen LogP contribution in [0.5, 0.6) is 0 Å². The van der Waals surface area contributed by atoms with E-state index in [1.165, 1.54) is 11.8 Å². The normalized spacial score (nSPS) is 10.7. The molecule has 0 saturated carbocycles. The van der Waals surface area contributed by atoms with Gasteiger partial charge in [-0.3, -0.25) is 9.36 Å². The van der Waals surface area contributed by atoms with Crippen molar-refractivity contribution in [3.05, 3.63) is 76.2 Å². The molecule has 3 aromatic rings. The first-order valence-corrected chi connectivity index (χ1v) is 9.85. The van der Waals surface area contributed by atoms with Gasteiger partial charge in [-0.2, -0.15) is 0 Å². The average Bonchev–Trinajstić information content (AvgIpc) is 3.05. The molecule has 1 amide bonds. The van der Waals surface area contributed by atoms with Crippen LogP contribution in [-0.2, 0) is 24.2 Å². The molecule has 0 unspecified atom stereocenters. The SMILES string of the molecule is CCc1ccccc1NC(=O)CSc1n[nH]c(=O)n1CCc1ccccc1. The Kier molecular flexibility index (Phi) is 6.49. The van der Waals surface area contributed by atoms with Gasteiger partial charge < -0.3 is 5.32 Å². The topological polar surface area (TPSA) is 79.8 Å². The van der Waals surface area contributed by atoms with Crippen LogP contribution in [0.25, 0.3) is 0 Å². The monoisotopic (exact) mass is 382 g/mol. The molecular weight excluding hydrogens is 360 g/mol. The number of H-pyrrole nitrogens is 1. The second-order valence-corrected chi connectivity index (χ2v) is 6.99. The average molecular weight is 382 g/mol. The Balaban J connectivity index is 1.59. The van der Waals surface area contributed by atoms with Crippen molar-refractivity contribution in [1.29, 1.82) is 0 Å². The number of hydrogen-bond acceptors (Lipinski definition) is 4. The number of carbonyl (C=O) groups is 1. The van der Waals surface area contributed by atoms with Gasteiger partial charge in [-0.1, -0.05) is 67.2 Å². The van der Waals surface area contributed by atoms with E-state index in [2.05, 4.69) is 22.4 Å². The Morgan fingerprint density at radius 2 is 1.89 bits per heavy atom. The molecule has 3 rings (SSSR count). The number of thioether (sulfide) groups is 1. The molecule has 0 saturated heterocycles. The molecule has 0 aliphatic heterocycles. The Morgan fingerprint density at radius 3 is 2.67 bits per heavy atom. The molecule has 1 heterocycles. The number of nitrogens with one attached hydrogen (secondary N) is 2. The number of benzene rings is 2. The van der Waals surface area contributed by atoms with Crippen molar-refractivity contribution in [1.82, 2.24) is 14.8 Å². The van der Waals surface area contributed by atoms with Gasteiger partial charge in [0, 0.05) is 12.2 Å². The molecule has 7 heteroatoms. The third-order valence-electron chi connectivity index (χ3n) is 4.19. The van der Waals surface area contributed by atoms with Crippen molar-refractivity contribution in [2.75, 3.05) is 11.1 Å². The smallest absolute Gasteiger partial charge is 0.325 e. The predicted molar refractivity (Wildman–Crippen MR) is 108 cm³/mol. The lowest BCUT2D eigenvalue weighted by atomic mass is 10.1. The molecule has 140 valence electrons. The summed E-state index contributed by atoms with van der Waals surface area (Å²) < 4.78 is 1.57. The fraction of sp³-hybridized carbons (Fsp3) is 0.250. The number of aromatic amines is 1. The van der Waals surface area contributed by atoms with Gasteiger partial charge in [-0.05, 0) is 30.0 Å². The second kappa shape index (κ2) is 9.23. The fourth-order valence-corrected chi connectivity index (χ4v) is 3.54. The summed E-state index contributed by atoms with van der Waals surface area (Å²) in [5.74, 6) is 0.0687. The van der Waals surface area contributed by atoms with Gasteiger partial charge >= 0.3 is 5.69 Å². The van der Waals surface area contributed by atoms with Crippen LogP contribution in [0, 0.1) is 0 Å². The molecule has 0 radical (unpaired) electrons. The van der Waals surface area contributed by atoms with Crippen molar-refractivity contribution < 1.29 is 4.79 Å². The van der Waals surface area contributed by atoms with Crippen molar-refractivity contribution in [2.24, 2.45) is 0 Å². The zero-order valence-corrected chi connectivity index (χ0v) is 16.0. The van der Waals surface area contributed by atoms with Crippen LogP contribution in [0.4, 0.5) is 5.69 Å². The minimum atomic E-state index is -0.259. The van der Waals surface area contributed by atoms with Gasteiger partial charge in [-0.15, -0.1) is 5.10 Å². The Hall–Kier alpha value is -2.80. The third kappa shape index (κ3) is 5.10. The van der Waals surface area contributed by atoms with Crippen LogP contribution < -0.4 is 11.0 Å². The lowest BCUT2D eigenvalue weighted by Gasteiger charge is -2.09. The summed E-state index contributed by atoms with van der Waals surface area (Å²) in [7, 11) is 0. The Labute approximate surface area is 162 Å². The highest BCUT2D eigenvalue weighted by Crippen LogP contribution is 2.18. The number of nitrogens with zero attached hydrogens (tertiary/aromatic N) is 2. The maximum absolute atomic E-state index is 12.3. The van der Waals surface area contributed by atoms with Gasteiger partial charge in [-0.25, -0.2) is 9.89 Å². The zero-order valence-electron chi connectivity index (χ0n) is 15.1. The lowest BCUT2D eigenvalue weighted by Crippen LogP contribution is -2.20. The fourth-order valence-electron chi connectivity index (χ4n) is 2.76. The molecule has 0 aliphatic rings. The van der Waals surface area contributed by atoms with Gasteiger partial charge in [0.2, 0.25) is 5.91 Å².